The summed E-state index contributed by atoms with van der Waals surface area (Å²) in [6.07, 6.45) is 0.674. The van der Waals surface area contributed by atoms with Gasteiger partial charge in [0, 0.05) is 4.47 Å². The fourth-order valence-electron chi connectivity index (χ4n) is 1.21. The minimum Gasteiger partial charge on any atom is -0.394 e. The number of benzene rings is 1. The van der Waals surface area contributed by atoms with Crippen molar-refractivity contribution in [2.75, 3.05) is 6.61 Å². The minimum atomic E-state index is -0.271. The molecule has 0 saturated carbocycles. The van der Waals surface area contributed by atoms with E-state index >= 15 is 0 Å². The second-order valence-corrected chi connectivity index (χ2v) is 4.71. The third kappa shape index (κ3) is 3.47. The van der Waals surface area contributed by atoms with Gasteiger partial charge in [0.15, 0.2) is 0 Å². The number of carbonyl (C=O) groups excluding carboxylic acids is 1. The second kappa shape index (κ2) is 6.23. The predicted molar refractivity (Wildman–Crippen MR) is 67.8 cm³/mol. The third-order valence-electron chi connectivity index (χ3n) is 2.22. The largest absolute Gasteiger partial charge is 0.394 e. The highest BCUT2D eigenvalue weighted by atomic mass is 79.9. The van der Waals surface area contributed by atoms with Gasteiger partial charge in [-0.15, -0.1) is 0 Å². The van der Waals surface area contributed by atoms with E-state index in [1.165, 1.54) is 0 Å². The molecule has 2 N–H and O–H groups in total. The molecule has 0 radical (unpaired) electrons. The molecule has 0 aromatic heterocycles. The molecule has 1 aromatic rings. The molecule has 16 heavy (non-hydrogen) atoms. The third-order valence-corrected chi connectivity index (χ3v) is 3.04. The van der Waals surface area contributed by atoms with Crippen LogP contribution in [0.5, 0.6) is 0 Å². The summed E-state index contributed by atoms with van der Waals surface area (Å²) < 4.78 is 0.791. The first-order valence-corrected chi connectivity index (χ1v) is 6.12. The lowest BCUT2D eigenvalue weighted by Crippen LogP contribution is -2.37. The summed E-state index contributed by atoms with van der Waals surface area (Å²) >= 11 is 9.19. The molecule has 5 heteroatoms. The molecule has 0 heterocycles. The van der Waals surface area contributed by atoms with Crippen molar-refractivity contribution in [3.8, 4) is 0 Å². The maximum atomic E-state index is 11.8. The lowest BCUT2D eigenvalue weighted by molar-refractivity contribution is 0.0915. The van der Waals surface area contributed by atoms with Crippen molar-refractivity contribution in [2.45, 2.75) is 19.4 Å². The predicted octanol–water partition coefficient (Wildman–Crippen LogP) is 2.60. The zero-order valence-corrected chi connectivity index (χ0v) is 11.2. The van der Waals surface area contributed by atoms with Crippen molar-refractivity contribution < 1.29 is 9.90 Å². The number of amides is 1. The normalized spacial score (nSPS) is 12.2. The molecule has 3 nitrogen and oxygen atoms in total. The first kappa shape index (κ1) is 13.5. The van der Waals surface area contributed by atoms with Gasteiger partial charge in [-0.25, -0.2) is 0 Å². The Labute approximate surface area is 108 Å². The molecule has 1 amide bonds. The Balaban J connectivity index is 2.83. The average Bonchev–Trinajstić information content (AvgIpc) is 2.28. The van der Waals surface area contributed by atoms with Gasteiger partial charge in [-0.2, -0.15) is 0 Å². The lowest BCUT2D eigenvalue weighted by atomic mass is 10.2. The van der Waals surface area contributed by atoms with Crippen molar-refractivity contribution >= 4 is 33.4 Å². The maximum absolute atomic E-state index is 11.8. The molecule has 0 fully saturated rings. The van der Waals surface area contributed by atoms with E-state index in [1.54, 1.807) is 18.2 Å². The van der Waals surface area contributed by atoms with E-state index < -0.39 is 0 Å². The van der Waals surface area contributed by atoms with Gasteiger partial charge in [-0.3, -0.25) is 4.79 Å². The van der Waals surface area contributed by atoms with E-state index in [1.807, 2.05) is 6.92 Å². The van der Waals surface area contributed by atoms with Crippen LogP contribution in [0, 0.1) is 0 Å². The highest BCUT2D eigenvalue weighted by molar-refractivity contribution is 9.10. The minimum absolute atomic E-state index is 0.0755. The van der Waals surface area contributed by atoms with E-state index in [-0.39, 0.29) is 18.6 Å². The van der Waals surface area contributed by atoms with E-state index in [2.05, 4.69) is 21.2 Å². The van der Waals surface area contributed by atoms with Crippen LogP contribution in [0.15, 0.2) is 22.7 Å². The zero-order chi connectivity index (χ0) is 12.1. The Morgan fingerprint density at radius 2 is 2.31 bits per heavy atom. The van der Waals surface area contributed by atoms with Crippen LogP contribution >= 0.6 is 27.5 Å². The van der Waals surface area contributed by atoms with Crippen LogP contribution < -0.4 is 5.32 Å². The molecule has 0 aliphatic rings. The number of aliphatic hydroxyl groups excluding tert-OH is 1. The van der Waals surface area contributed by atoms with Crippen molar-refractivity contribution in [2.24, 2.45) is 0 Å². The zero-order valence-electron chi connectivity index (χ0n) is 8.84. The van der Waals surface area contributed by atoms with Crippen LogP contribution in [-0.2, 0) is 0 Å². The molecule has 88 valence electrons. The first-order valence-electron chi connectivity index (χ1n) is 4.95. The second-order valence-electron chi connectivity index (χ2n) is 3.39. The van der Waals surface area contributed by atoms with Gasteiger partial charge in [-0.1, -0.05) is 34.5 Å². The molecule has 0 saturated heterocycles. The number of aliphatic hydroxyl groups is 1. The molecular weight excluding hydrogens is 293 g/mol. The Bertz CT molecular complexity index is 380. The molecule has 1 unspecified atom stereocenters. The van der Waals surface area contributed by atoms with Gasteiger partial charge in [0.1, 0.15) is 0 Å². The summed E-state index contributed by atoms with van der Waals surface area (Å²) in [4.78, 5) is 11.8. The molecule has 0 aliphatic heterocycles. The van der Waals surface area contributed by atoms with Gasteiger partial charge >= 0.3 is 0 Å². The van der Waals surface area contributed by atoms with Gasteiger partial charge in [0.2, 0.25) is 0 Å². The number of hydrogen-bond acceptors (Lipinski definition) is 2. The number of hydrogen-bond donors (Lipinski definition) is 2. The quantitative estimate of drug-likeness (QED) is 0.898. The number of carbonyl (C=O) groups is 1. The van der Waals surface area contributed by atoms with Crippen molar-refractivity contribution in [3.05, 3.63) is 33.3 Å². The number of rotatable bonds is 4. The van der Waals surface area contributed by atoms with Crippen molar-refractivity contribution in [1.29, 1.82) is 0 Å². The Kier molecular flexibility index (Phi) is 5.25. The van der Waals surface area contributed by atoms with Crippen LogP contribution in [0.4, 0.5) is 0 Å². The highest BCUT2D eigenvalue weighted by Gasteiger charge is 2.14. The standard InChI is InChI=1S/C11H13BrClNO2/c1-2-8(6-15)14-11(16)9-5-7(12)3-4-10(9)13/h3-5,8,15H,2,6H2,1H3,(H,14,16). The molecule has 1 rings (SSSR count). The fraction of sp³-hybridized carbons (Fsp3) is 0.364. The Hall–Kier alpha value is -0.580. The van der Waals surface area contributed by atoms with E-state index in [4.69, 9.17) is 16.7 Å². The van der Waals surface area contributed by atoms with Crippen molar-refractivity contribution in [1.82, 2.24) is 5.32 Å². The summed E-state index contributed by atoms with van der Waals surface area (Å²) in [5.74, 6) is -0.271. The maximum Gasteiger partial charge on any atom is 0.253 e. The van der Waals surface area contributed by atoms with Gasteiger partial charge in [0.25, 0.3) is 5.91 Å². The summed E-state index contributed by atoms with van der Waals surface area (Å²) in [6.45, 7) is 1.82. The number of nitrogens with one attached hydrogen (secondary N) is 1. The summed E-state index contributed by atoms with van der Waals surface area (Å²) in [5.41, 5.74) is 0.406. The lowest BCUT2D eigenvalue weighted by Gasteiger charge is -2.14. The number of halogens is 2. The molecule has 0 aliphatic carbocycles. The van der Waals surface area contributed by atoms with Gasteiger partial charge in [-0.05, 0) is 24.6 Å². The Morgan fingerprint density at radius 3 is 2.88 bits per heavy atom. The molecule has 1 aromatic carbocycles. The summed E-state index contributed by atoms with van der Waals surface area (Å²) in [7, 11) is 0. The highest BCUT2D eigenvalue weighted by Crippen LogP contribution is 2.20. The van der Waals surface area contributed by atoms with Crippen LogP contribution in [0.25, 0.3) is 0 Å². The van der Waals surface area contributed by atoms with Crippen LogP contribution in [0.2, 0.25) is 5.02 Å². The van der Waals surface area contributed by atoms with Crippen LogP contribution in [-0.4, -0.2) is 23.7 Å². The van der Waals surface area contributed by atoms with Gasteiger partial charge in [0.05, 0.1) is 23.2 Å². The SMILES string of the molecule is CCC(CO)NC(=O)c1cc(Br)ccc1Cl. The van der Waals surface area contributed by atoms with Crippen LogP contribution in [0.1, 0.15) is 23.7 Å². The average molecular weight is 307 g/mol. The monoisotopic (exact) mass is 305 g/mol. The summed E-state index contributed by atoms with van der Waals surface area (Å²) in [6, 6.07) is 4.84. The van der Waals surface area contributed by atoms with E-state index in [0.717, 1.165) is 4.47 Å². The van der Waals surface area contributed by atoms with Crippen molar-refractivity contribution in [3.63, 3.8) is 0 Å². The van der Waals surface area contributed by atoms with E-state index in [9.17, 15) is 4.79 Å². The molecule has 0 bridgehead atoms. The molecule has 0 spiro atoms. The smallest absolute Gasteiger partial charge is 0.253 e. The topological polar surface area (TPSA) is 49.3 Å². The molecule has 1 atom stereocenters. The fourth-order valence-corrected chi connectivity index (χ4v) is 1.78. The van der Waals surface area contributed by atoms with Crippen LogP contribution in [0.3, 0.4) is 0 Å². The molecular formula is C11H13BrClNO2. The van der Waals surface area contributed by atoms with Gasteiger partial charge < -0.3 is 10.4 Å². The summed E-state index contributed by atoms with van der Waals surface area (Å²) in [5, 5.41) is 12.1. The Morgan fingerprint density at radius 1 is 1.62 bits per heavy atom. The first-order chi connectivity index (χ1) is 7.58. The van der Waals surface area contributed by atoms with E-state index in [0.29, 0.717) is 17.0 Å².